The largest absolute Gasteiger partial charge is 0.524 e. The highest BCUT2D eigenvalue weighted by Gasteiger charge is 2.40. The first-order valence-electron chi connectivity index (χ1n) is 29.8. The number of nitrogens with two attached hydrogens (primary N) is 1. The number of amides is 10. The first kappa shape index (κ1) is 81.5. The minimum absolute atomic E-state index is 0.0145. The molecule has 13 atom stereocenters. The van der Waals surface area contributed by atoms with Crippen LogP contribution < -0.4 is 63.4 Å². The number of aromatic amines is 1. The smallest absolute Gasteiger partial charge is 0.481 e. The summed E-state index contributed by atoms with van der Waals surface area (Å²) in [6, 6.07) is -4.29. The summed E-state index contributed by atoms with van der Waals surface area (Å²) in [6.45, 7) is 9.68. The predicted octanol–water partition coefficient (Wildman–Crippen LogP) is -4.35. The summed E-state index contributed by atoms with van der Waals surface area (Å²) in [6.07, 6.45) is -5.07. The van der Waals surface area contributed by atoms with Gasteiger partial charge in [-0.3, -0.25) is 67.1 Å². The van der Waals surface area contributed by atoms with Gasteiger partial charge in [-0.25, -0.2) is 18.9 Å². The van der Waals surface area contributed by atoms with E-state index in [1.54, 1.807) is 44.2 Å². The summed E-state index contributed by atoms with van der Waals surface area (Å²) in [5.74, 6) is -15.9. The summed E-state index contributed by atoms with van der Waals surface area (Å²) in [5, 5.41) is 62.7. The zero-order valence-corrected chi connectivity index (χ0v) is 55.3. The number of phosphoric ester groups is 2. The number of benzene rings is 2. The van der Waals surface area contributed by atoms with Crippen LogP contribution in [0.15, 0.2) is 67.1 Å². The van der Waals surface area contributed by atoms with Crippen molar-refractivity contribution >= 4 is 86.7 Å². The van der Waals surface area contributed by atoms with Crippen molar-refractivity contribution in [2.24, 2.45) is 17.6 Å². The molecule has 0 aliphatic heterocycles. The van der Waals surface area contributed by atoms with Crippen molar-refractivity contribution < 1.29 is 116 Å². The van der Waals surface area contributed by atoms with Crippen LogP contribution in [0.4, 0.5) is 0 Å². The van der Waals surface area contributed by atoms with Gasteiger partial charge in [0.15, 0.2) is 6.04 Å². The second-order valence-corrected chi connectivity index (χ2v) is 25.5. The Bertz CT molecular complexity index is 3260. The molecular weight excluding hydrogens is 1310 g/mol. The molecule has 0 aliphatic carbocycles. The Morgan fingerprint density at radius 2 is 1.04 bits per heavy atom. The first-order valence-corrected chi connectivity index (χ1v) is 32.9. The Morgan fingerprint density at radius 1 is 0.542 bits per heavy atom. The lowest BCUT2D eigenvalue weighted by Crippen LogP contribution is -2.62. The molecular formula is C57H85N13O24P2. The van der Waals surface area contributed by atoms with Crippen molar-refractivity contribution in [1.82, 2.24) is 63.1 Å². The summed E-state index contributed by atoms with van der Waals surface area (Å²) in [4.78, 5) is 207. The Morgan fingerprint density at radius 3 is 1.56 bits per heavy atom. The number of carbonyl (C=O) groups excluding carboxylic acids is 10. The number of aliphatic hydroxyl groups is 2. The number of aromatic nitrogens is 2. The molecule has 10 amide bonds. The third-order valence-corrected chi connectivity index (χ3v) is 15.0. The van der Waals surface area contributed by atoms with E-state index < -0.39 is 203 Å². The molecule has 0 radical (unpaired) electrons. The number of aliphatic carboxylic acids is 2. The maximum absolute atomic E-state index is 14.5. The highest BCUT2D eigenvalue weighted by atomic mass is 31.2. The summed E-state index contributed by atoms with van der Waals surface area (Å²) in [5.41, 5.74) is 7.09. The number of aliphatic hydroxyl groups excluding tert-OH is 2. The molecule has 96 heavy (non-hydrogen) atoms. The van der Waals surface area contributed by atoms with E-state index in [1.807, 2.05) is 0 Å². The van der Waals surface area contributed by atoms with Gasteiger partial charge in [0.05, 0.1) is 37.2 Å². The van der Waals surface area contributed by atoms with Gasteiger partial charge in [-0.2, -0.15) is 0 Å². The third-order valence-electron chi connectivity index (χ3n) is 14.0. The van der Waals surface area contributed by atoms with Gasteiger partial charge < -0.3 is 98.6 Å². The number of carbonyl (C=O) groups is 12. The molecule has 3 aromatic rings. The molecule has 0 bridgehead atoms. The number of carboxylic acids is 2. The fraction of sp³-hybridized carbons (Fsp3) is 0.526. The normalized spacial score (nSPS) is 15.7. The van der Waals surface area contributed by atoms with Crippen molar-refractivity contribution in [3.05, 3.63) is 83.9 Å². The molecule has 532 valence electrons. The van der Waals surface area contributed by atoms with E-state index in [4.69, 9.17) is 10.3 Å². The molecule has 39 heteroatoms. The molecule has 0 saturated carbocycles. The molecule has 2 aromatic carbocycles. The Hall–Kier alpha value is -8.77. The average Bonchev–Trinajstić information content (AvgIpc) is 1.06. The first-order chi connectivity index (χ1) is 44.6. The Kier molecular flexibility index (Phi) is 32.3. The van der Waals surface area contributed by atoms with Crippen molar-refractivity contribution in [2.75, 3.05) is 6.54 Å². The monoisotopic (exact) mass is 1400 g/mol. The zero-order valence-electron chi connectivity index (χ0n) is 53.5. The molecule has 3 rings (SSSR count). The zero-order chi connectivity index (χ0) is 72.5. The van der Waals surface area contributed by atoms with E-state index >= 15 is 0 Å². The van der Waals surface area contributed by atoms with E-state index in [-0.39, 0.29) is 30.6 Å². The molecule has 21 N–H and O–H groups in total. The van der Waals surface area contributed by atoms with E-state index in [1.165, 1.54) is 45.4 Å². The van der Waals surface area contributed by atoms with Crippen molar-refractivity contribution in [3.8, 4) is 5.75 Å². The molecule has 0 unspecified atom stereocenters. The highest BCUT2D eigenvalue weighted by Crippen LogP contribution is 2.39. The Labute approximate surface area is 550 Å². The maximum Gasteiger partial charge on any atom is 0.524 e. The topological polar surface area (TPSA) is 594 Å². The van der Waals surface area contributed by atoms with Crippen LogP contribution in [0.1, 0.15) is 91.5 Å². The van der Waals surface area contributed by atoms with Gasteiger partial charge >= 0.3 is 27.6 Å². The number of phosphoric acid groups is 2. The number of nitrogens with one attached hydrogen (secondary N) is 11. The van der Waals surface area contributed by atoms with E-state index in [2.05, 4.69) is 67.7 Å². The van der Waals surface area contributed by atoms with E-state index in [9.17, 15) is 107 Å². The number of H-pyrrole nitrogens is 1. The molecule has 0 spiro atoms. The molecule has 1 aromatic heterocycles. The van der Waals surface area contributed by atoms with Gasteiger partial charge in [-0.1, -0.05) is 70.2 Å². The fourth-order valence-electron chi connectivity index (χ4n) is 9.04. The predicted molar refractivity (Wildman–Crippen MR) is 334 cm³/mol. The van der Waals surface area contributed by atoms with Crippen LogP contribution in [0.2, 0.25) is 0 Å². The number of imidazole rings is 1. The van der Waals surface area contributed by atoms with E-state index in [0.717, 1.165) is 32.9 Å². The number of rotatable bonds is 40. The lowest BCUT2D eigenvalue weighted by atomic mass is 9.99. The average molecular weight is 1400 g/mol. The van der Waals surface area contributed by atoms with Crippen LogP contribution in [-0.2, 0) is 90.5 Å². The Balaban J connectivity index is 2.00. The second kappa shape index (κ2) is 38.1. The maximum atomic E-state index is 14.5. The molecule has 0 aliphatic rings. The van der Waals surface area contributed by atoms with E-state index in [0.29, 0.717) is 11.3 Å². The van der Waals surface area contributed by atoms with Gasteiger partial charge in [0.2, 0.25) is 59.1 Å². The lowest BCUT2D eigenvalue weighted by Gasteiger charge is -2.30. The van der Waals surface area contributed by atoms with Gasteiger partial charge in [-0.15, -0.1) is 0 Å². The van der Waals surface area contributed by atoms with Gasteiger partial charge in [-0.05, 0) is 75.6 Å². The molecule has 1 heterocycles. The van der Waals surface area contributed by atoms with Crippen molar-refractivity contribution in [1.29, 1.82) is 0 Å². The minimum Gasteiger partial charge on any atom is -0.481 e. The van der Waals surface area contributed by atoms with Gasteiger partial charge in [0, 0.05) is 37.6 Å². The standard InChI is InChI=1S/C57H85N13O24P2/c1-27(2)20-39(65-51(79)40(21-33-12-10-9-11-13-33)63-42(73)25-60-54(82)45(30(6)71)68-49(77)37(58)23-35-24-59-26-61-35)52(80)70-47(32(8)93-95(87,88)89)56(84)64-38(18-19-43(74)75)50(78)66-41(22-34-14-16-36(17-15-34)94-96(90,91)92)53(81)67-44(28(3)4)55(83)62-29(5)48(76)69-46(31(7)72)57(85)86/h9-17,24,26-32,37-41,44-47,71-72H,18-23,25,58H2,1-8H3,(H,59,61)(H,60,82)(H,62,83)(H,63,73)(H,64,84)(H,65,79)(H,66,78)(H,67,81)(H,68,77)(H,69,76)(H,70,80)(H,74,75)(H,85,86)(H2,87,88,89)(H2,90,91,92)/t29-,30+,31+,32+,37-,38-,39-,40-,41-,44-,45-,46-,47-/m0/s1. The number of carboxylic acid groups (broad SMARTS) is 2. The van der Waals surface area contributed by atoms with Crippen LogP contribution in [0.5, 0.6) is 5.75 Å². The summed E-state index contributed by atoms with van der Waals surface area (Å²) >= 11 is 0. The number of hydrogen-bond donors (Lipinski definition) is 20. The molecule has 0 fully saturated rings. The quantitative estimate of drug-likeness (QED) is 0.0239. The third kappa shape index (κ3) is 29.1. The molecule has 0 saturated heterocycles. The molecule has 37 nitrogen and oxygen atoms in total. The van der Waals surface area contributed by atoms with Gasteiger partial charge in [0.1, 0.15) is 54.1 Å². The van der Waals surface area contributed by atoms with Crippen LogP contribution in [-0.4, -0.2) is 206 Å². The fourth-order valence-corrected chi connectivity index (χ4v) is 9.99. The summed E-state index contributed by atoms with van der Waals surface area (Å²) in [7, 11) is -10.7. The second-order valence-electron chi connectivity index (χ2n) is 23.1. The number of nitrogens with zero attached hydrogens (tertiary/aromatic N) is 1. The van der Waals surface area contributed by atoms with Crippen LogP contribution >= 0.6 is 15.6 Å². The highest BCUT2D eigenvalue weighted by molar-refractivity contribution is 7.46. The van der Waals surface area contributed by atoms with Crippen LogP contribution in [0.25, 0.3) is 0 Å². The minimum atomic E-state index is -5.57. The van der Waals surface area contributed by atoms with Crippen molar-refractivity contribution in [3.63, 3.8) is 0 Å². The van der Waals surface area contributed by atoms with Gasteiger partial charge in [0.25, 0.3) is 0 Å². The van der Waals surface area contributed by atoms with Crippen molar-refractivity contribution in [2.45, 2.75) is 173 Å². The van der Waals surface area contributed by atoms with Crippen LogP contribution in [0, 0.1) is 11.8 Å². The SMILES string of the molecule is CC(C)C[C@H](NC(=O)[C@H](Cc1ccccc1)NC(=O)CNC(=O)[C@@H](NC(=O)[C@@H](N)Cc1cnc[nH]1)[C@@H](C)O)C(=O)N[C@H](C(=O)N[C@@H](CCC(=O)O)C(=O)N[C@@H](Cc1ccc(OP(=O)(O)O)cc1)C(=O)N[C@H](C(=O)N[C@@H](C)C(=O)N[C@H](C(=O)O)[C@@H](C)O)C(C)C)[C@@H](C)OP(=O)(O)O. The van der Waals surface area contributed by atoms with Crippen LogP contribution in [0.3, 0.4) is 0 Å². The number of hydrogen-bond acceptors (Lipinski definition) is 20. The summed E-state index contributed by atoms with van der Waals surface area (Å²) < 4.78 is 33.2. The lowest BCUT2D eigenvalue weighted by molar-refractivity contribution is -0.145.